The molecule has 0 aliphatic carbocycles. The zero-order chi connectivity index (χ0) is 14.1. The van der Waals surface area contributed by atoms with Crippen molar-refractivity contribution in [3.05, 3.63) is 36.3 Å². The van der Waals surface area contributed by atoms with E-state index in [0.29, 0.717) is 18.7 Å². The zero-order valence-corrected chi connectivity index (χ0v) is 11.2. The molecule has 3 rings (SSSR count). The van der Waals surface area contributed by atoms with Crippen molar-refractivity contribution in [2.75, 3.05) is 13.1 Å². The summed E-state index contributed by atoms with van der Waals surface area (Å²) < 4.78 is 1.80. The summed E-state index contributed by atoms with van der Waals surface area (Å²) >= 11 is 0. The first-order valence-electron chi connectivity index (χ1n) is 6.68. The van der Waals surface area contributed by atoms with Gasteiger partial charge in [0.1, 0.15) is 11.7 Å². The van der Waals surface area contributed by atoms with Crippen molar-refractivity contribution in [1.82, 2.24) is 19.6 Å². The normalized spacial score (nSPS) is 19.8. The molecule has 0 spiro atoms. The largest absolute Gasteiger partial charge is 0.354 e. The highest BCUT2D eigenvalue weighted by atomic mass is 16.2. The number of nitrogens with zero attached hydrogens (tertiary/aromatic N) is 3. The van der Waals surface area contributed by atoms with Crippen LogP contribution in [0.25, 0.3) is 5.65 Å². The van der Waals surface area contributed by atoms with Gasteiger partial charge in [0.25, 0.3) is 5.91 Å². The molecule has 0 saturated carbocycles. The molecular formula is C14H16N4O2. The van der Waals surface area contributed by atoms with E-state index in [9.17, 15) is 9.59 Å². The minimum atomic E-state index is -0.441. The first-order valence-corrected chi connectivity index (χ1v) is 6.68. The molecular weight excluding hydrogens is 256 g/mol. The molecule has 6 heteroatoms. The molecule has 0 aromatic carbocycles. The van der Waals surface area contributed by atoms with Crippen molar-refractivity contribution in [3.63, 3.8) is 0 Å². The number of imidazole rings is 1. The summed E-state index contributed by atoms with van der Waals surface area (Å²) in [5, 5.41) is 2.81. The molecule has 0 bridgehead atoms. The van der Waals surface area contributed by atoms with Crippen LogP contribution in [0.1, 0.15) is 23.7 Å². The first-order chi connectivity index (χ1) is 9.66. The molecule has 2 aromatic rings. The monoisotopic (exact) mass is 272 g/mol. The average Bonchev–Trinajstić information content (AvgIpc) is 2.86. The third-order valence-corrected chi connectivity index (χ3v) is 3.62. The van der Waals surface area contributed by atoms with Gasteiger partial charge in [0.15, 0.2) is 0 Å². The Morgan fingerprint density at radius 3 is 3.15 bits per heavy atom. The van der Waals surface area contributed by atoms with Crippen LogP contribution in [0.4, 0.5) is 0 Å². The van der Waals surface area contributed by atoms with Gasteiger partial charge in [-0.3, -0.25) is 9.59 Å². The van der Waals surface area contributed by atoms with Gasteiger partial charge in [-0.05, 0) is 25.5 Å². The van der Waals surface area contributed by atoms with Gasteiger partial charge >= 0.3 is 0 Å². The smallest absolute Gasteiger partial charge is 0.256 e. The van der Waals surface area contributed by atoms with Gasteiger partial charge in [-0.25, -0.2) is 4.98 Å². The average molecular weight is 272 g/mol. The summed E-state index contributed by atoms with van der Waals surface area (Å²) in [5.41, 5.74) is 1.36. The van der Waals surface area contributed by atoms with Gasteiger partial charge in [-0.15, -0.1) is 0 Å². The van der Waals surface area contributed by atoms with Gasteiger partial charge in [-0.2, -0.15) is 0 Å². The van der Waals surface area contributed by atoms with Crippen molar-refractivity contribution in [3.8, 4) is 0 Å². The molecule has 104 valence electrons. The second kappa shape index (κ2) is 4.96. The van der Waals surface area contributed by atoms with Crippen LogP contribution >= 0.6 is 0 Å². The van der Waals surface area contributed by atoms with Crippen molar-refractivity contribution in [2.24, 2.45) is 0 Å². The summed E-state index contributed by atoms with van der Waals surface area (Å²) in [4.78, 5) is 30.2. The number of aromatic nitrogens is 2. The topological polar surface area (TPSA) is 66.7 Å². The fraction of sp³-hybridized carbons (Fsp3) is 0.357. The van der Waals surface area contributed by atoms with Crippen LogP contribution in [0.3, 0.4) is 0 Å². The lowest BCUT2D eigenvalue weighted by molar-refractivity contribution is -0.124. The lowest BCUT2D eigenvalue weighted by Gasteiger charge is -2.25. The Balaban J connectivity index is 1.91. The summed E-state index contributed by atoms with van der Waals surface area (Å²) in [6.07, 6.45) is 6.01. The third-order valence-electron chi connectivity index (χ3n) is 3.62. The van der Waals surface area contributed by atoms with E-state index in [0.717, 1.165) is 12.1 Å². The Kier molecular flexibility index (Phi) is 3.14. The van der Waals surface area contributed by atoms with E-state index >= 15 is 0 Å². The Morgan fingerprint density at radius 2 is 2.30 bits per heavy atom. The summed E-state index contributed by atoms with van der Waals surface area (Å²) in [6.45, 7) is 2.96. The van der Waals surface area contributed by atoms with Gasteiger partial charge < -0.3 is 14.6 Å². The number of carbonyl (C=O) groups is 2. The number of rotatable bonds is 1. The fourth-order valence-corrected chi connectivity index (χ4v) is 2.43. The van der Waals surface area contributed by atoms with E-state index in [1.807, 2.05) is 0 Å². The van der Waals surface area contributed by atoms with Crippen molar-refractivity contribution < 1.29 is 9.59 Å². The van der Waals surface area contributed by atoms with Crippen LogP contribution < -0.4 is 5.32 Å². The molecule has 2 amide bonds. The molecule has 1 aliphatic rings. The Bertz CT molecular complexity index is 664. The van der Waals surface area contributed by atoms with Gasteiger partial charge in [-0.1, -0.05) is 0 Å². The molecule has 1 atom stereocenters. The lowest BCUT2D eigenvalue weighted by atomic mass is 10.2. The number of hydrogen-bond acceptors (Lipinski definition) is 3. The van der Waals surface area contributed by atoms with Gasteiger partial charge in [0, 0.05) is 31.7 Å². The third kappa shape index (κ3) is 2.13. The Labute approximate surface area is 116 Å². The quantitative estimate of drug-likeness (QED) is 0.830. The predicted molar refractivity (Wildman–Crippen MR) is 73.3 cm³/mol. The van der Waals surface area contributed by atoms with Gasteiger partial charge in [0.05, 0.1) is 5.56 Å². The molecule has 1 unspecified atom stereocenters. The van der Waals surface area contributed by atoms with Crippen LogP contribution in [0.2, 0.25) is 0 Å². The van der Waals surface area contributed by atoms with Crippen LogP contribution in [0, 0.1) is 0 Å². The number of hydrogen-bond donors (Lipinski definition) is 1. The van der Waals surface area contributed by atoms with Crippen LogP contribution in [0.15, 0.2) is 30.7 Å². The number of fused-ring (bicyclic) bond motifs is 1. The minimum Gasteiger partial charge on any atom is -0.354 e. The standard InChI is InChI=1S/C14H16N4O2/c1-10-13(19)16-5-2-7-18(10)14(20)11-3-4-12-15-6-8-17(12)9-11/h3-4,6,8-10H,2,5,7H2,1H3,(H,16,19). The fourth-order valence-electron chi connectivity index (χ4n) is 2.43. The van der Waals surface area contributed by atoms with E-state index < -0.39 is 6.04 Å². The minimum absolute atomic E-state index is 0.0976. The highest BCUT2D eigenvalue weighted by Crippen LogP contribution is 2.13. The highest BCUT2D eigenvalue weighted by molar-refractivity contribution is 5.97. The van der Waals surface area contributed by atoms with Crippen molar-refractivity contribution in [2.45, 2.75) is 19.4 Å². The van der Waals surface area contributed by atoms with Gasteiger partial charge in [0.2, 0.25) is 5.91 Å². The maximum atomic E-state index is 12.6. The maximum absolute atomic E-state index is 12.6. The number of carbonyl (C=O) groups excluding carboxylic acids is 2. The van der Waals surface area contributed by atoms with Crippen LogP contribution in [-0.4, -0.2) is 45.2 Å². The van der Waals surface area contributed by atoms with Crippen molar-refractivity contribution >= 4 is 17.5 Å². The van der Waals surface area contributed by atoms with E-state index in [1.165, 1.54) is 0 Å². The second-order valence-corrected chi connectivity index (χ2v) is 4.93. The van der Waals surface area contributed by atoms with Crippen LogP contribution in [0.5, 0.6) is 0 Å². The molecule has 1 aliphatic heterocycles. The number of amides is 2. The Morgan fingerprint density at radius 1 is 1.45 bits per heavy atom. The molecule has 3 heterocycles. The summed E-state index contributed by atoms with van der Waals surface area (Å²) in [5.74, 6) is -0.218. The first kappa shape index (κ1) is 12.7. The number of pyridine rings is 1. The second-order valence-electron chi connectivity index (χ2n) is 4.93. The Hall–Kier alpha value is -2.37. The number of nitrogens with one attached hydrogen (secondary N) is 1. The SMILES string of the molecule is CC1C(=O)NCCCN1C(=O)c1ccc2nccn2c1. The molecule has 2 aromatic heterocycles. The summed E-state index contributed by atoms with van der Waals surface area (Å²) in [7, 11) is 0. The van der Waals surface area contributed by atoms with Crippen LogP contribution in [-0.2, 0) is 4.79 Å². The molecule has 1 saturated heterocycles. The van der Waals surface area contributed by atoms with E-state index in [2.05, 4.69) is 10.3 Å². The predicted octanol–water partition coefficient (Wildman–Crippen LogP) is 0.685. The van der Waals surface area contributed by atoms with E-state index in [1.54, 1.807) is 46.9 Å². The summed E-state index contributed by atoms with van der Waals surface area (Å²) in [6, 6.07) is 3.11. The molecule has 6 nitrogen and oxygen atoms in total. The van der Waals surface area contributed by atoms with Crippen molar-refractivity contribution in [1.29, 1.82) is 0 Å². The molecule has 0 radical (unpaired) electrons. The van der Waals surface area contributed by atoms with E-state index in [-0.39, 0.29) is 11.8 Å². The van der Waals surface area contributed by atoms with E-state index in [4.69, 9.17) is 0 Å². The maximum Gasteiger partial charge on any atom is 0.256 e. The molecule has 1 fully saturated rings. The lowest BCUT2D eigenvalue weighted by Crippen LogP contribution is -2.45. The molecule has 20 heavy (non-hydrogen) atoms. The molecule has 1 N–H and O–H groups in total. The highest BCUT2D eigenvalue weighted by Gasteiger charge is 2.28. The zero-order valence-electron chi connectivity index (χ0n) is 11.2.